The molecule has 0 aromatic heterocycles. The first-order valence-electron chi connectivity index (χ1n) is 8.79. The maximum absolute atomic E-state index is 12.4. The molecule has 3 N–H and O–H groups in total. The summed E-state index contributed by atoms with van der Waals surface area (Å²) in [5, 5.41) is 6.26. The molecule has 0 bridgehead atoms. The van der Waals surface area contributed by atoms with Crippen LogP contribution in [0.5, 0.6) is 0 Å². The number of aryl methyl sites for hydroxylation is 1. The number of benzene rings is 1. The van der Waals surface area contributed by atoms with E-state index in [0.29, 0.717) is 11.4 Å². The molecule has 1 aliphatic rings. The molecule has 1 aromatic rings. The Morgan fingerprint density at radius 1 is 1.20 bits per heavy atom. The van der Waals surface area contributed by atoms with Crippen LogP contribution < -0.4 is 15.4 Å². The lowest BCUT2D eigenvalue weighted by Crippen LogP contribution is -2.44. The smallest absolute Gasteiger partial charge is 0.242 e. The molecule has 1 fully saturated rings. The van der Waals surface area contributed by atoms with Crippen LogP contribution in [0.2, 0.25) is 0 Å². The van der Waals surface area contributed by atoms with E-state index in [1.807, 2.05) is 26.0 Å². The molecule has 0 unspecified atom stereocenters. The second-order valence-corrected chi connectivity index (χ2v) is 8.98. The van der Waals surface area contributed by atoms with E-state index in [0.717, 1.165) is 43.4 Å². The molecule has 2 rings (SSSR count). The summed E-state index contributed by atoms with van der Waals surface area (Å²) in [5.41, 5.74) is 2.04. The summed E-state index contributed by atoms with van der Waals surface area (Å²) < 4.78 is 25.4. The van der Waals surface area contributed by atoms with Gasteiger partial charge >= 0.3 is 0 Å². The van der Waals surface area contributed by atoms with Crippen molar-refractivity contribution >= 4 is 27.3 Å². The Hall–Kier alpha value is -1.76. The average molecular weight is 368 g/mol. The molecule has 0 saturated heterocycles. The normalized spacial score (nSPS) is 22.1. The van der Waals surface area contributed by atoms with E-state index in [4.69, 9.17) is 0 Å². The van der Waals surface area contributed by atoms with Gasteiger partial charge in [-0.25, -0.2) is 8.42 Å². The zero-order valence-electron chi connectivity index (χ0n) is 15.4. The zero-order valence-corrected chi connectivity index (χ0v) is 16.2. The SMILES string of the molecule is Cc1ccc(N[C@@H](C)C(=O)NC2CCC(C)CC2)cc1NS(C)(=O)=O. The largest absolute Gasteiger partial charge is 0.374 e. The molecule has 140 valence electrons. The van der Waals surface area contributed by atoms with E-state index in [-0.39, 0.29) is 11.9 Å². The van der Waals surface area contributed by atoms with Crippen molar-refractivity contribution in [3.05, 3.63) is 23.8 Å². The molecule has 1 saturated carbocycles. The zero-order chi connectivity index (χ0) is 18.6. The fourth-order valence-electron chi connectivity index (χ4n) is 3.07. The number of anilines is 2. The molecule has 1 aliphatic carbocycles. The average Bonchev–Trinajstić information content (AvgIpc) is 2.51. The van der Waals surface area contributed by atoms with Gasteiger partial charge in [-0.3, -0.25) is 9.52 Å². The number of nitrogens with one attached hydrogen (secondary N) is 3. The molecule has 0 radical (unpaired) electrons. The maximum Gasteiger partial charge on any atom is 0.242 e. The van der Waals surface area contributed by atoms with Gasteiger partial charge in [-0.15, -0.1) is 0 Å². The van der Waals surface area contributed by atoms with Gasteiger partial charge in [0.2, 0.25) is 15.9 Å². The number of rotatable bonds is 6. The van der Waals surface area contributed by atoms with Gasteiger partial charge in [-0.2, -0.15) is 0 Å². The van der Waals surface area contributed by atoms with Gasteiger partial charge in [0, 0.05) is 11.7 Å². The van der Waals surface area contributed by atoms with Gasteiger partial charge in [-0.1, -0.05) is 13.0 Å². The van der Waals surface area contributed by atoms with Crippen molar-refractivity contribution in [1.29, 1.82) is 0 Å². The van der Waals surface area contributed by atoms with Crippen molar-refractivity contribution in [3.8, 4) is 0 Å². The Labute approximate surface area is 150 Å². The summed E-state index contributed by atoms with van der Waals surface area (Å²) in [6.45, 7) is 5.89. The molecule has 0 heterocycles. The van der Waals surface area contributed by atoms with Crippen molar-refractivity contribution in [2.75, 3.05) is 16.3 Å². The van der Waals surface area contributed by atoms with Gasteiger partial charge in [0.15, 0.2) is 0 Å². The van der Waals surface area contributed by atoms with Crippen molar-refractivity contribution in [1.82, 2.24) is 5.32 Å². The third kappa shape index (κ3) is 6.23. The molecule has 1 atom stereocenters. The highest BCUT2D eigenvalue weighted by Gasteiger charge is 2.22. The Morgan fingerprint density at radius 2 is 1.84 bits per heavy atom. The first kappa shape index (κ1) is 19.6. The Balaban J connectivity index is 1.96. The quantitative estimate of drug-likeness (QED) is 0.721. The molecule has 25 heavy (non-hydrogen) atoms. The van der Waals surface area contributed by atoms with Gasteiger partial charge in [0.05, 0.1) is 11.9 Å². The summed E-state index contributed by atoms with van der Waals surface area (Å²) in [6.07, 6.45) is 5.50. The fraction of sp³-hybridized carbons (Fsp3) is 0.611. The minimum Gasteiger partial charge on any atom is -0.374 e. The number of carbonyl (C=O) groups is 1. The molecule has 0 spiro atoms. The van der Waals surface area contributed by atoms with Crippen LogP contribution in [0.3, 0.4) is 0 Å². The molecular formula is C18H29N3O3S. The van der Waals surface area contributed by atoms with Crippen LogP contribution >= 0.6 is 0 Å². The van der Waals surface area contributed by atoms with Gasteiger partial charge in [0.1, 0.15) is 6.04 Å². The van der Waals surface area contributed by atoms with Crippen LogP contribution in [0.25, 0.3) is 0 Å². The number of amides is 1. The summed E-state index contributed by atoms with van der Waals surface area (Å²) in [6, 6.07) is 5.24. The number of hydrogen-bond acceptors (Lipinski definition) is 4. The van der Waals surface area contributed by atoms with E-state index < -0.39 is 16.1 Å². The highest BCUT2D eigenvalue weighted by atomic mass is 32.2. The van der Waals surface area contributed by atoms with Gasteiger partial charge in [-0.05, 0) is 63.1 Å². The topological polar surface area (TPSA) is 87.3 Å². The standard InChI is InChI=1S/C18H29N3O3S/c1-12-5-8-15(9-6-12)20-18(22)14(3)19-16-10-7-13(2)17(11-16)21-25(4,23)24/h7,10-12,14-15,19,21H,5-6,8-9H2,1-4H3,(H,20,22)/t12?,14-,15?/m0/s1. The van der Waals surface area contributed by atoms with Crippen LogP contribution in [-0.4, -0.2) is 32.7 Å². The lowest BCUT2D eigenvalue weighted by atomic mass is 9.87. The molecule has 1 amide bonds. The van der Waals surface area contributed by atoms with E-state index in [1.54, 1.807) is 6.07 Å². The number of sulfonamides is 1. The third-order valence-corrected chi connectivity index (χ3v) is 5.26. The van der Waals surface area contributed by atoms with Crippen LogP contribution in [0.1, 0.15) is 45.1 Å². The van der Waals surface area contributed by atoms with Crippen LogP contribution in [0.15, 0.2) is 18.2 Å². The van der Waals surface area contributed by atoms with Crippen molar-refractivity contribution < 1.29 is 13.2 Å². The lowest BCUT2D eigenvalue weighted by molar-refractivity contribution is -0.122. The highest BCUT2D eigenvalue weighted by molar-refractivity contribution is 7.92. The van der Waals surface area contributed by atoms with Crippen LogP contribution in [-0.2, 0) is 14.8 Å². The van der Waals surface area contributed by atoms with E-state index in [2.05, 4.69) is 22.3 Å². The van der Waals surface area contributed by atoms with Crippen LogP contribution in [0, 0.1) is 12.8 Å². The summed E-state index contributed by atoms with van der Waals surface area (Å²) in [7, 11) is -3.34. The third-order valence-electron chi connectivity index (χ3n) is 4.67. The van der Waals surface area contributed by atoms with E-state index in [9.17, 15) is 13.2 Å². The molecule has 1 aromatic carbocycles. The minimum atomic E-state index is -3.34. The van der Waals surface area contributed by atoms with E-state index >= 15 is 0 Å². The first-order valence-corrected chi connectivity index (χ1v) is 10.7. The lowest BCUT2D eigenvalue weighted by Gasteiger charge is -2.28. The molecule has 6 nitrogen and oxygen atoms in total. The van der Waals surface area contributed by atoms with E-state index in [1.165, 1.54) is 0 Å². The Morgan fingerprint density at radius 3 is 2.44 bits per heavy atom. The second-order valence-electron chi connectivity index (χ2n) is 7.24. The van der Waals surface area contributed by atoms with Crippen molar-refractivity contribution in [2.24, 2.45) is 5.92 Å². The molecule has 0 aliphatic heterocycles. The summed E-state index contributed by atoms with van der Waals surface area (Å²) in [5.74, 6) is 0.717. The predicted molar refractivity (Wildman–Crippen MR) is 102 cm³/mol. The summed E-state index contributed by atoms with van der Waals surface area (Å²) in [4.78, 5) is 12.4. The number of carbonyl (C=O) groups excluding carboxylic acids is 1. The number of hydrogen-bond donors (Lipinski definition) is 3. The molecular weight excluding hydrogens is 338 g/mol. The summed E-state index contributed by atoms with van der Waals surface area (Å²) >= 11 is 0. The van der Waals surface area contributed by atoms with Crippen molar-refractivity contribution in [3.63, 3.8) is 0 Å². The second kappa shape index (κ2) is 8.08. The predicted octanol–water partition coefficient (Wildman–Crippen LogP) is 2.86. The first-order chi connectivity index (χ1) is 11.6. The van der Waals surface area contributed by atoms with Crippen molar-refractivity contribution in [2.45, 2.75) is 58.5 Å². The highest BCUT2D eigenvalue weighted by Crippen LogP contribution is 2.24. The van der Waals surface area contributed by atoms with Gasteiger partial charge in [0.25, 0.3) is 0 Å². The van der Waals surface area contributed by atoms with Crippen LogP contribution in [0.4, 0.5) is 11.4 Å². The monoisotopic (exact) mass is 367 g/mol. The Bertz CT molecular complexity index is 710. The van der Waals surface area contributed by atoms with Gasteiger partial charge < -0.3 is 10.6 Å². The maximum atomic E-state index is 12.4. The Kier molecular flexibility index (Phi) is 6.32. The fourth-order valence-corrected chi connectivity index (χ4v) is 3.69. The minimum absolute atomic E-state index is 0.0299. The molecule has 7 heteroatoms.